The zero-order chi connectivity index (χ0) is 19.5. The zero-order valence-electron chi connectivity index (χ0n) is 16.5. The molecule has 0 spiro atoms. The molecule has 1 unspecified atom stereocenters. The molecule has 0 radical (unpaired) electrons. The summed E-state index contributed by atoms with van der Waals surface area (Å²) in [7, 11) is 0. The Labute approximate surface area is 166 Å². The van der Waals surface area contributed by atoms with E-state index in [9.17, 15) is 9.18 Å². The van der Waals surface area contributed by atoms with Crippen molar-refractivity contribution in [1.82, 2.24) is 20.1 Å². The number of carbonyl (C=O) groups is 1. The van der Waals surface area contributed by atoms with Gasteiger partial charge in [-0.15, -0.1) is 17.5 Å². The van der Waals surface area contributed by atoms with Crippen LogP contribution in [-0.2, 0) is 0 Å². The van der Waals surface area contributed by atoms with E-state index < -0.39 is 17.3 Å². The van der Waals surface area contributed by atoms with E-state index in [4.69, 9.17) is 5.73 Å². The summed E-state index contributed by atoms with van der Waals surface area (Å²) in [6, 6.07) is 6.30. The Kier molecular flexibility index (Phi) is 7.92. The lowest BCUT2D eigenvalue weighted by atomic mass is 9.90. The summed E-state index contributed by atoms with van der Waals surface area (Å²) in [5, 5.41) is 7.21. The van der Waals surface area contributed by atoms with E-state index in [1.165, 1.54) is 10.7 Å². The van der Waals surface area contributed by atoms with E-state index in [2.05, 4.69) is 29.2 Å². The molecule has 1 aromatic carbocycles. The number of benzene rings is 1. The Morgan fingerprint density at radius 1 is 1.30 bits per heavy atom. The quantitative estimate of drug-likeness (QED) is 0.749. The normalized spacial score (nSPS) is 13.4. The molecule has 0 saturated heterocycles. The molecule has 0 aliphatic heterocycles. The largest absolute Gasteiger partial charge is 0.343 e. The molecule has 0 bridgehead atoms. The lowest BCUT2D eigenvalue weighted by Gasteiger charge is -2.30. The molecule has 0 aliphatic rings. The van der Waals surface area contributed by atoms with Gasteiger partial charge in [-0.1, -0.05) is 39.8 Å². The Bertz CT molecular complexity index is 777. The van der Waals surface area contributed by atoms with E-state index in [-0.39, 0.29) is 29.8 Å². The number of hydrogen-bond acceptors (Lipinski definition) is 4. The minimum Gasteiger partial charge on any atom is -0.343 e. The van der Waals surface area contributed by atoms with Gasteiger partial charge in [0.05, 0.1) is 5.54 Å². The van der Waals surface area contributed by atoms with Crippen LogP contribution in [0.4, 0.5) is 4.39 Å². The number of carbonyl (C=O) groups excluding carboxylic acids is 1. The van der Waals surface area contributed by atoms with Gasteiger partial charge in [-0.2, -0.15) is 0 Å². The molecule has 6 nitrogen and oxygen atoms in total. The number of aromatic nitrogens is 3. The first kappa shape index (κ1) is 23.0. The van der Waals surface area contributed by atoms with Crippen molar-refractivity contribution >= 4 is 18.3 Å². The molecular formula is C19H29ClFN5O. The second kappa shape index (κ2) is 9.28. The van der Waals surface area contributed by atoms with E-state index in [1.807, 2.05) is 20.8 Å². The van der Waals surface area contributed by atoms with Crippen LogP contribution in [-0.4, -0.2) is 32.8 Å². The molecule has 2 aromatic rings. The zero-order valence-corrected chi connectivity index (χ0v) is 17.3. The number of para-hydroxylation sites is 1. The van der Waals surface area contributed by atoms with Crippen LogP contribution in [0.3, 0.4) is 0 Å². The number of rotatable bonds is 7. The van der Waals surface area contributed by atoms with Crippen LogP contribution in [0.15, 0.2) is 24.3 Å². The number of amides is 1. The van der Waals surface area contributed by atoms with Crippen LogP contribution >= 0.6 is 12.4 Å². The SMILES string of the molecule is CC(C)CC(C)(CN)NC(=O)c1nc(C(C)C)n(-c2ccccc2F)n1.Cl. The maximum Gasteiger partial charge on any atom is 0.291 e. The minimum atomic E-state index is -0.549. The highest BCUT2D eigenvalue weighted by atomic mass is 35.5. The number of hydrogen-bond donors (Lipinski definition) is 2. The van der Waals surface area contributed by atoms with Crippen molar-refractivity contribution in [2.24, 2.45) is 11.7 Å². The summed E-state index contributed by atoms with van der Waals surface area (Å²) in [6.07, 6.45) is 0.736. The maximum atomic E-state index is 14.2. The van der Waals surface area contributed by atoms with Crippen molar-refractivity contribution < 1.29 is 9.18 Å². The lowest BCUT2D eigenvalue weighted by molar-refractivity contribution is 0.0887. The third kappa shape index (κ3) is 5.49. The van der Waals surface area contributed by atoms with E-state index in [0.717, 1.165) is 6.42 Å². The van der Waals surface area contributed by atoms with Gasteiger partial charge < -0.3 is 11.1 Å². The Morgan fingerprint density at radius 3 is 2.44 bits per heavy atom. The number of nitrogens with zero attached hydrogens (tertiary/aromatic N) is 3. The molecule has 0 fully saturated rings. The van der Waals surface area contributed by atoms with Crippen molar-refractivity contribution in [3.05, 3.63) is 41.7 Å². The Hall–Kier alpha value is -1.99. The molecule has 0 aliphatic carbocycles. The van der Waals surface area contributed by atoms with Crippen LogP contribution in [0.25, 0.3) is 5.69 Å². The molecule has 0 saturated carbocycles. The Balaban J connectivity index is 0.00000364. The Morgan fingerprint density at radius 2 is 1.93 bits per heavy atom. The monoisotopic (exact) mass is 397 g/mol. The summed E-state index contributed by atoms with van der Waals surface area (Å²) >= 11 is 0. The maximum absolute atomic E-state index is 14.2. The summed E-state index contributed by atoms with van der Waals surface area (Å²) in [4.78, 5) is 17.1. The summed E-state index contributed by atoms with van der Waals surface area (Å²) < 4.78 is 15.6. The van der Waals surface area contributed by atoms with Crippen molar-refractivity contribution in [3.8, 4) is 5.69 Å². The van der Waals surface area contributed by atoms with Crippen molar-refractivity contribution in [2.75, 3.05) is 6.54 Å². The molecule has 3 N–H and O–H groups in total. The van der Waals surface area contributed by atoms with Crippen molar-refractivity contribution in [1.29, 1.82) is 0 Å². The van der Waals surface area contributed by atoms with Gasteiger partial charge in [0.1, 0.15) is 17.3 Å². The predicted octanol–water partition coefficient (Wildman–Crippen LogP) is 3.44. The van der Waals surface area contributed by atoms with Gasteiger partial charge in [-0.25, -0.2) is 14.1 Å². The molecule has 27 heavy (non-hydrogen) atoms. The predicted molar refractivity (Wildman–Crippen MR) is 107 cm³/mol. The van der Waals surface area contributed by atoms with Crippen molar-refractivity contribution in [2.45, 2.75) is 52.5 Å². The van der Waals surface area contributed by atoms with Gasteiger partial charge in [0.25, 0.3) is 5.91 Å². The lowest BCUT2D eigenvalue weighted by Crippen LogP contribution is -2.52. The summed E-state index contributed by atoms with van der Waals surface area (Å²) in [5.41, 5.74) is 5.59. The fourth-order valence-corrected chi connectivity index (χ4v) is 3.01. The molecule has 2 rings (SSSR count). The highest BCUT2D eigenvalue weighted by Gasteiger charge is 2.29. The van der Waals surface area contributed by atoms with Crippen molar-refractivity contribution in [3.63, 3.8) is 0 Å². The molecular weight excluding hydrogens is 369 g/mol. The first-order chi connectivity index (χ1) is 12.2. The van der Waals surface area contributed by atoms with Gasteiger partial charge in [0.2, 0.25) is 5.82 Å². The number of nitrogens with one attached hydrogen (secondary N) is 1. The highest BCUT2D eigenvalue weighted by Crippen LogP contribution is 2.20. The van der Waals surface area contributed by atoms with E-state index in [1.54, 1.807) is 18.2 Å². The fourth-order valence-electron chi connectivity index (χ4n) is 3.01. The fraction of sp³-hybridized carbons (Fsp3) is 0.526. The number of halogens is 2. The third-order valence-electron chi connectivity index (χ3n) is 4.16. The molecule has 8 heteroatoms. The minimum absolute atomic E-state index is 0. The van der Waals surface area contributed by atoms with Gasteiger partial charge in [-0.3, -0.25) is 4.79 Å². The molecule has 1 amide bonds. The standard InChI is InChI=1S/C19H28FN5O.ClH/c1-12(2)10-19(5,11-21)23-18(26)16-22-17(13(3)4)25(24-16)15-9-7-6-8-14(15)20;/h6-9,12-13H,10-11,21H2,1-5H3,(H,23,26);1H. The van der Waals surface area contributed by atoms with Crippen LogP contribution in [0.2, 0.25) is 0 Å². The number of nitrogens with two attached hydrogens (primary N) is 1. The average Bonchev–Trinajstić information content (AvgIpc) is 3.00. The van der Waals surface area contributed by atoms with E-state index >= 15 is 0 Å². The van der Waals surface area contributed by atoms with Crippen LogP contribution < -0.4 is 11.1 Å². The summed E-state index contributed by atoms with van der Waals surface area (Å²) in [5.74, 6) is 0.0617. The van der Waals surface area contributed by atoms with Gasteiger partial charge in [0, 0.05) is 12.5 Å². The highest BCUT2D eigenvalue weighted by molar-refractivity contribution is 5.91. The van der Waals surface area contributed by atoms with Gasteiger partial charge in [0.15, 0.2) is 0 Å². The topological polar surface area (TPSA) is 85.8 Å². The molecule has 1 aromatic heterocycles. The first-order valence-corrected chi connectivity index (χ1v) is 8.91. The third-order valence-corrected chi connectivity index (χ3v) is 4.16. The average molecular weight is 398 g/mol. The molecule has 150 valence electrons. The van der Waals surface area contributed by atoms with Crippen LogP contribution in [0.5, 0.6) is 0 Å². The summed E-state index contributed by atoms with van der Waals surface area (Å²) in [6.45, 7) is 10.2. The molecule has 1 heterocycles. The second-order valence-electron chi connectivity index (χ2n) is 7.63. The molecule has 1 atom stereocenters. The van der Waals surface area contributed by atoms with E-state index in [0.29, 0.717) is 18.3 Å². The van der Waals surface area contributed by atoms with Gasteiger partial charge >= 0.3 is 0 Å². The smallest absolute Gasteiger partial charge is 0.291 e. The first-order valence-electron chi connectivity index (χ1n) is 8.91. The van der Waals surface area contributed by atoms with Crippen LogP contribution in [0, 0.1) is 11.7 Å². The second-order valence-corrected chi connectivity index (χ2v) is 7.63. The van der Waals surface area contributed by atoms with Crippen LogP contribution in [0.1, 0.15) is 63.4 Å². The van der Waals surface area contributed by atoms with Gasteiger partial charge in [-0.05, 0) is 31.4 Å².